The molecule has 0 bridgehead atoms. The molecule has 0 unspecified atom stereocenters. The van der Waals surface area contributed by atoms with Crippen LogP contribution >= 0.6 is 11.8 Å². The highest BCUT2D eigenvalue weighted by Crippen LogP contribution is 2.23. The zero-order valence-corrected chi connectivity index (χ0v) is 16.9. The first-order chi connectivity index (χ1) is 10.9. The third-order valence-corrected chi connectivity index (χ3v) is 5.83. The van der Waals surface area contributed by atoms with Crippen LogP contribution in [0.2, 0.25) is 0 Å². The quantitative estimate of drug-likeness (QED) is 0.748. The van der Waals surface area contributed by atoms with Gasteiger partial charge in [0, 0.05) is 17.0 Å². The van der Waals surface area contributed by atoms with Gasteiger partial charge in [0.15, 0.2) is 0 Å². The fourth-order valence-electron chi connectivity index (χ4n) is 2.18. The van der Waals surface area contributed by atoms with Crippen LogP contribution < -0.4 is 9.62 Å². The van der Waals surface area contributed by atoms with Crippen molar-refractivity contribution in [3.05, 3.63) is 29.8 Å². The highest BCUT2D eigenvalue weighted by molar-refractivity contribution is 8.00. The predicted octanol–water partition coefficient (Wildman–Crippen LogP) is 2.80. The van der Waals surface area contributed by atoms with Gasteiger partial charge in [0.2, 0.25) is 15.9 Å². The number of anilines is 1. The maximum absolute atomic E-state index is 12.4. The third-order valence-electron chi connectivity index (χ3n) is 3.31. The topological polar surface area (TPSA) is 66.5 Å². The van der Waals surface area contributed by atoms with E-state index in [1.165, 1.54) is 4.31 Å². The van der Waals surface area contributed by atoms with Crippen LogP contribution in [0.15, 0.2) is 24.3 Å². The number of benzene rings is 1. The first kappa shape index (κ1) is 20.8. The Bertz CT molecular complexity index is 649. The lowest BCUT2D eigenvalue weighted by molar-refractivity contribution is -0.121. The number of rotatable bonds is 7. The number of thioether (sulfide) groups is 1. The zero-order chi connectivity index (χ0) is 18.5. The fourth-order valence-corrected chi connectivity index (χ4v) is 4.17. The summed E-state index contributed by atoms with van der Waals surface area (Å²) < 4.78 is 25.6. The maximum atomic E-state index is 12.4. The molecule has 0 spiro atoms. The molecule has 0 aliphatic rings. The SMILES string of the molecule is Cc1ccc(N([C@@H](C)C(=O)NCCSC(C)(C)C)S(C)(=O)=O)cc1. The lowest BCUT2D eigenvalue weighted by Crippen LogP contribution is -2.48. The first-order valence-corrected chi connectivity index (χ1v) is 10.7. The van der Waals surface area contributed by atoms with E-state index >= 15 is 0 Å². The molecule has 0 saturated heterocycles. The average Bonchev–Trinajstić information content (AvgIpc) is 2.43. The molecule has 1 aromatic carbocycles. The van der Waals surface area contributed by atoms with Crippen molar-refractivity contribution in [1.82, 2.24) is 5.32 Å². The van der Waals surface area contributed by atoms with Crippen LogP contribution in [-0.4, -0.2) is 43.7 Å². The second-order valence-corrected chi connectivity index (χ2v) is 10.6. The van der Waals surface area contributed by atoms with Gasteiger partial charge in [0.25, 0.3) is 0 Å². The zero-order valence-electron chi connectivity index (χ0n) is 15.3. The fraction of sp³-hybridized carbons (Fsp3) is 0.588. The van der Waals surface area contributed by atoms with E-state index in [2.05, 4.69) is 26.1 Å². The Kier molecular flexibility index (Phi) is 7.16. The largest absolute Gasteiger partial charge is 0.353 e. The van der Waals surface area contributed by atoms with Gasteiger partial charge in [-0.15, -0.1) is 0 Å². The summed E-state index contributed by atoms with van der Waals surface area (Å²) >= 11 is 1.75. The van der Waals surface area contributed by atoms with E-state index in [0.717, 1.165) is 17.6 Å². The van der Waals surface area contributed by atoms with Gasteiger partial charge in [0.05, 0.1) is 11.9 Å². The minimum Gasteiger partial charge on any atom is -0.353 e. The van der Waals surface area contributed by atoms with Crippen LogP contribution in [0.1, 0.15) is 33.3 Å². The molecule has 1 atom stereocenters. The van der Waals surface area contributed by atoms with E-state index in [-0.39, 0.29) is 10.7 Å². The molecule has 0 aliphatic carbocycles. The van der Waals surface area contributed by atoms with Gasteiger partial charge in [0.1, 0.15) is 6.04 Å². The highest BCUT2D eigenvalue weighted by Gasteiger charge is 2.28. The molecule has 1 N–H and O–H groups in total. The molecule has 7 heteroatoms. The Hall–Kier alpha value is -1.21. The van der Waals surface area contributed by atoms with Gasteiger partial charge in [-0.25, -0.2) is 8.42 Å². The van der Waals surface area contributed by atoms with Crippen molar-refractivity contribution in [1.29, 1.82) is 0 Å². The van der Waals surface area contributed by atoms with Gasteiger partial charge < -0.3 is 5.32 Å². The number of nitrogens with one attached hydrogen (secondary N) is 1. The lowest BCUT2D eigenvalue weighted by atomic mass is 10.2. The molecule has 0 fully saturated rings. The van der Waals surface area contributed by atoms with Gasteiger partial charge in [-0.3, -0.25) is 9.10 Å². The Labute approximate surface area is 150 Å². The minimum atomic E-state index is -3.56. The van der Waals surface area contributed by atoms with Crippen LogP contribution in [0.4, 0.5) is 5.69 Å². The number of carbonyl (C=O) groups is 1. The van der Waals surface area contributed by atoms with Gasteiger partial charge in [-0.05, 0) is 26.0 Å². The average molecular weight is 373 g/mol. The molecule has 0 aliphatic heterocycles. The molecule has 1 amide bonds. The number of hydrogen-bond acceptors (Lipinski definition) is 4. The van der Waals surface area contributed by atoms with E-state index in [0.29, 0.717) is 12.2 Å². The Morgan fingerprint density at radius 2 is 1.79 bits per heavy atom. The van der Waals surface area contributed by atoms with E-state index in [1.807, 2.05) is 19.1 Å². The Balaban J connectivity index is 2.80. The molecule has 136 valence electrons. The first-order valence-electron chi connectivity index (χ1n) is 7.89. The van der Waals surface area contributed by atoms with Gasteiger partial charge in [-0.2, -0.15) is 11.8 Å². The number of aryl methyl sites for hydroxylation is 1. The van der Waals surface area contributed by atoms with Gasteiger partial charge >= 0.3 is 0 Å². The normalized spacial score (nSPS) is 13.4. The summed E-state index contributed by atoms with van der Waals surface area (Å²) in [7, 11) is -3.56. The monoisotopic (exact) mass is 372 g/mol. The summed E-state index contributed by atoms with van der Waals surface area (Å²) in [6.45, 7) is 10.4. The summed E-state index contributed by atoms with van der Waals surface area (Å²) in [6, 6.07) is 6.30. The summed E-state index contributed by atoms with van der Waals surface area (Å²) in [5, 5.41) is 2.82. The van der Waals surface area contributed by atoms with E-state index in [1.54, 1.807) is 30.8 Å². The molecule has 5 nitrogen and oxygen atoms in total. The summed E-state index contributed by atoms with van der Waals surface area (Å²) in [4.78, 5) is 12.4. The third kappa shape index (κ3) is 6.73. The highest BCUT2D eigenvalue weighted by atomic mass is 32.2. The maximum Gasteiger partial charge on any atom is 0.243 e. The summed E-state index contributed by atoms with van der Waals surface area (Å²) in [6.07, 6.45) is 1.12. The molecule has 0 aromatic heterocycles. The van der Waals surface area contributed by atoms with E-state index < -0.39 is 16.1 Å². The van der Waals surface area contributed by atoms with E-state index in [4.69, 9.17) is 0 Å². The van der Waals surface area contributed by atoms with Crippen molar-refractivity contribution < 1.29 is 13.2 Å². The lowest BCUT2D eigenvalue weighted by Gasteiger charge is -2.28. The molecule has 24 heavy (non-hydrogen) atoms. The van der Waals surface area contributed by atoms with Crippen molar-refractivity contribution in [2.75, 3.05) is 22.9 Å². The van der Waals surface area contributed by atoms with Crippen LogP contribution in [0, 0.1) is 6.92 Å². The van der Waals surface area contributed by atoms with Crippen molar-refractivity contribution in [2.45, 2.75) is 45.4 Å². The molecular formula is C17H28N2O3S2. The summed E-state index contributed by atoms with van der Waals surface area (Å²) in [5.74, 6) is 0.487. The second kappa shape index (κ2) is 8.25. The molecule has 0 radical (unpaired) electrons. The van der Waals surface area contributed by atoms with Crippen LogP contribution in [0.3, 0.4) is 0 Å². The van der Waals surface area contributed by atoms with Crippen molar-refractivity contribution >= 4 is 33.4 Å². The Morgan fingerprint density at radius 3 is 2.25 bits per heavy atom. The van der Waals surface area contributed by atoms with Crippen molar-refractivity contribution in [3.8, 4) is 0 Å². The summed E-state index contributed by atoms with van der Waals surface area (Å²) in [5.41, 5.74) is 1.53. The van der Waals surface area contributed by atoms with Crippen LogP contribution in [0.25, 0.3) is 0 Å². The van der Waals surface area contributed by atoms with E-state index in [9.17, 15) is 13.2 Å². The minimum absolute atomic E-state index is 0.136. The number of nitrogens with zero attached hydrogens (tertiary/aromatic N) is 1. The van der Waals surface area contributed by atoms with Crippen LogP contribution in [0.5, 0.6) is 0 Å². The number of amides is 1. The molecule has 1 aromatic rings. The smallest absolute Gasteiger partial charge is 0.243 e. The van der Waals surface area contributed by atoms with Crippen LogP contribution in [-0.2, 0) is 14.8 Å². The van der Waals surface area contributed by atoms with Gasteiger partial charge in [-0.1, -0.05) is 38.5 Å². The predicted molar refractivity (Wildman–Crippen MR) is 103 cm³/mol. The molecule has 0 saturated carbocycles. The number of sulfonamides is 1. The number of carbonyl (C=O) groups excluding carboxylic acids is 1. The molecule has 0 heterocycles. The Morgan fingerprint density at radius 1 is 1.25 bits per heavy atom. The van der Waals surface area contributed by atoms with Crippen molar-refractivity contribution in [2.24, 2.45) is 0 Å². The van der Waals surface area contributed by atoms with Crippen molar-refractivity contribution in [3.63, 3.8) is 0 Å². The second-order valence-electron chi connectivity index (χ2n) is 6.82. The molecule has 1 rings (SSSR count). The standard InChI is InChI=1S/C17H28N2O3S2/c1-13-7-9-15(10-8-13)19(24(6,21)22)14(2)16(20)18-11-12-23-17(3,4)5/h7-10,14H,11-12H2,1-6H3,(H,18,20)/t14-/m0/s1. The number of hydrogen-bond donors (Lipinski definition) is 1. The molecular weight excluding hydrogens is 344 g/mol.